The van der Waals surface area contributed by atoms with E-state index in [1.807, 2.05) is 60.7 Å². The van der Waals surface area contributed by atoms with Crippen LogP contribution in [0.3, 0.4) is 0 Å². The molecular weight excluding hydrogens is 287 g/mol. The summed E-state index contributed by atoms with van der Waals surface area (Å²) in [6.45, 7) is 0. The Hall–Kier alpha value is -0.410. The summed E-state index contributed by atoms with van der Waals surface area (Å²) in [5.74, 6) is 0.772. The van der Waals surface area contributed by atoms with Crippen molar-refractivity contribution in [1.82, 2.24) is 0 Å². The molecule has 1 atom stereocenters. The van der Waals surface area contributed by atoms with Gasteiger partial charge in [-0.3, -0.25) is 0 Å². The van der Waals surface area contributed by atoms with Crippen LogP contribution in [0.2, 0.25) is 0 Å². The summed E-state index contributed by atoms with van der Waals surface area (Å²) in [6, 6.07) is 19.5. The summed E-state index contributed by atoms with van der Waals surface area (Å²) in [4.78, 5) is 1.08. The van der Waals surface area contributed by atoms with Gasteiger partial charge in [0.15, 0.2) is 0 Å². The molecule has 0 aromatic heterocycles. The minimum atomic E-state index is -2.19. The van der Waals surface area contributed by atoms with E-state index in [1.54, 1.807) is 0 Å². The van der Waals surface area contributed by atoms with Crippen LogP contribution in [0.25, 0.3) is 0 Å². The lowest BCUT2D eigenvalue weighted by molar-refractivity contribution is 0.638. The molecule has 88 valence electrons. The van der Waals surface area contributed by atoms with Gasteiger partial charge in [0, 0.05) is 4.90 Å². The number of hydrogen-bond donors (Lipinski definition) is 1. The highest BCUT2D eigenvalue weighted by molar-refractivity contribution is 8.95. The number of hydrogen-bond acceptors (Lipinski definition) is 3. The van der Waals surface area contributed by atoms with E-state index in [0.717, 1.165) is 10.6 Å². The van der Waals surface area contributed by atoms with Gasteiger partial charge in [0.25, 0.3) is 0 Å². The first-order valence-corrected chi connectivity index (χ1v) is 10.3. The van der Waals surface area contributed by atoms with Crippen LogP contribution >= 0.6 is 28.3 Å². The Morgan fingerprint density at radius 3 is 2.06 bits per heavy atom. The monoisotopic (exact) mass is 298 g/mol. The lowest BCUT2D eigenvalue weighted by Gasteiger charge is -2.16. The lowest BCUT2D eigenvalue weighted by atomic mass is 10.3. The molecule has 1 nitrogen and oxygen atoms in total. The second-order valence-corrected chi connectivity index (χ2v) is 12.7. The van der Waals surface area contributed by atoms with Gasteiger partial charge in [0.2, 0.25) is 4.67 Å². The van der Waals surface area contributed by atoms with Gasteiger partial charge in [-0.2, -0.15) is 0 Å². The maximum atomic E-state index is 5.76. The SMILES string of the molecule is S=P(S)(Oc1ccccc1)Sc1ccccc1. The van der Waals surface area contributed by atoms with Gasteiger partial charge in [-0.15, -0.1) is 0 Å². The minimum Gasteiger partial charge on any atom is -0.448 e. The van der Waals surface area contributed by atoms with E-state index < -0.39 is 4.67 Å². The molecule has 0 aliphatic rings. The molecule has 0 radical (unpaired) electrons. The van der Waals surface area contributed by atoms with E-state index in [0.29, 0.717) is 0 Å². The quantitative estimate of drug-likeness (QED) is 0.628. The van der Waals surface area contributed by atoms with Gasteiger partial charge in [-0.1, -0.05) is 48.6 Å². The Kier molecular flexibility index (Phi) is 4.57. The zero-order valence-corrected chi connectivity index (χ0v) is 12.3. The van der Waals surface area contributed by atoms with Crippen LogP contribution in [0, 0.1) is 0 Å². The molecule has 0 fully saturated rings. The maximum Gasteiger partial charge on any atom is 0.224 e. The van der Waals surface area contributed by atoms with Crippen LogP contribution in [0.1, 0.15) is 0 Å². The van der Waals surface area contributed by atoms with Crippen LogP contribution in [-0.4, -0.2) is 0 Å². The van der Waals surface area contributed by atoms with Crippen molar-refractivity contribution in [2.24, 2.45) is 0 Å². The summed E-state index contributed by atoms with van der Waals surface area (Å²) in [5, 5.41) is 0. The summed E-state index contributed by atoms with van der Waals surface area (Å²) >= 11 is 11.4. The van der Waals surface area contributed by atoms with Gasteiger partial charge >= 0.3 is 0 Å². The first-order chi connectivity index (χ1) is 8.16. The average molecular weight is 298 g/mol. The molecule has 0 N–H and O–H groups in total. The Balaban J connectivity index is 2.07. The van der Waals surface area contributed by atoms with Crippen molar-refractivity contribution in [1.29, 1.82) is 0 Å². The van der Waals surface area contributed by atoms with E-state index in [2.05, 4.69) is 12.2 Å². The van der Waals surface area contributed by atoms with E-state index in [-0.39, 0.29) is 0 Å². The Morgan fingerprint density at radius 1 is 0.941 bits per heavy atom. The Morgan fingerprint density at radius 2 is 1.47 bits per heavy atom. The molecule has 0 aliphatic heterocycles. The minimum absolute atomic E-state index is 0.772. The number of para-hydroxylation sites is 1. The van der Waals surface area contributed by atoms with Crippen LogP contribution in [0.15, 0.2) is 65.6 Å². The van der Waals surface area contributed by atoms with E-state index in [1.165, 1.54) is 11.4 Å². The van der Waals surface area contributed by atoms with E-state index >= 15 is 0 Å². The van der Waals surface area contributed by atoms with Crippen molar-refractivity contribution >= 4 is 40.1 Å². The van der Waals surface area contributed by atoms with Crippen LogP contribution in [0.5, 0.6) is 5.75 Å². The fourth-order valence-electron chi connectivity index (χ4n) is 1.25. The zero-order chi connectivity index (χ0) is 12.1. The number of rotatable bonds is 4. The third-order valence-corrected chi connectivity index (χ3v) is 6.51. The number of thiol groups is 1. The largest absolute Gasteiger partial charge is 0.448 e. The van der Waals surface area contributed by atoms with Crippen molar-refractivity contribution in [3.05, 3.63) is 60.7 Å². The predicted octanol–water partition coefficient (Wildman–Crippen LogP) is 5.01. The highest BCUT2D eigenvalue weighted by atomic mass is 33.2. The third kappa shape index (κ3) is 4.40. The molecule has 5 heteroatoms. The van der Waals surface area contributed by atoms with Crippen molar-refractivity contribution < 1.29 is 4.52 Å². The van der Waals surface area contributed by atoms with Gasteiger partial charge in [0.05, 0.1) is 0 Å². The summed E-state index contributed by atoms with van der Waals surface area (Å²) in [6.07, 6.45) is 0. The van der Waals surface area contributed by atoms with Gasteiger partial charge in [-0.25, -0.2) is 0 Å². The summed E-state index contributed by atoms with van der Waals surface area (Å²) in [5.41, 5.74) is 0. The summed E-state index contributed by atoms with van der Waals surface area (Å²) < 4.78 is 3.57. The molecule has 2 aromatic rings. The van der Waals surface area contributed by atoms with Crippen molar-refractivity contribution in [3.63, 3.8) is 0 Å². The third-order valence-electron chi connectivity index (χ3n) is 1.93. The molecular formula is C12H11OPS3. The highest BCUT2D eigenvalue weighted by Crippen LogP contribution is 2.66. The van der Waals surface area contributed by atoms with Crippen molar-refractivity contribution in [3.8, 4) is 5.75 Å². The van der Waals surface area contributed by atoms with Crippen molar-refractivity contribution in [2.45, 2.75) is 4.90 Å². The Labute approximate surface area is 116 Å². The van der Waals surface area contributed by atoms with Crippen LogP contribution < -0.4 is 4.52 Å². The lowest BCUT2D eigenvalue weighted by Crippen LogP contribution is -1.83. The molecule has 1 unspecified atom stereocenters. The van der Waals surface area contributed by atoms with Gasteiger partial charge in [-0.05, 0) is 47.5 Å². The highest BCUT2D eigenvalue weighted by Gasteiger charge is 2.15. The normalized spacial score (nSPS) is 13.9. The van der Waals surface area contributed by atoms with Crippen LogP contribution in [0.4, 0.5) is 0 Å². The topological polar surface area (TPSA) is 9.23 Å². The molecule has 2 rings (SSSR count). The average Bonchev–Trinajstić information content (AvgIpc) is 2.30. The molecule has 0 saturated carbocycles. The molecule has 0 aliphatic carbocycles. The van der Waals surface area contributed by atoms with E-state index in [9.17, 15) is 0 Å². The van der Waals surface area contributed by atoms with E-state index in [4.69, 9.17) is 16.3 Å². The predicted molar refractivity (Wildman–Crippen MR) is 82.6 cm³/mol. The second kappa shape index (κ2) is 5.96. The smallest absolute Gasteiger partial charge is 0.224 e. The first-order valence-electron chi connectivity index (χ1n) is 4.98. The van der Waals surface area contributed by atoms with Gasteiger partial charge < -0.3 is 4.52 Å². The molecule has 2 aromatic carbocycles. The second-order valence-electron chi connectivity index (χ2n) is 3.28. The molecule has 0 saturated heterocycles. The zero-order valence-electron chi connectivity index (χ0n) is 8.89. The molecule has 17 heavy (non-hydrogen) atoms. The fraction of sp³-hybridized carbons (Fsp3) is 0. The molecule has 0 heterocycles. The Bertz CT molecular complexity index is 470. The summed E-state index contributed by atoms with van der Waals surface area (Å²) in [7, 11) is 0. The molecule has 0 bridgehead atoms. The number of benzene rings is 2. The van der Waals surface area contributed by atoms with Gasteiger partial charge in [0.1, 0.15) is 5.75 Å². The molecule has 0 amide bonds. The maximum absolute atomic E-state index is 5.76. The van der Waals surface area contributed by atoms with Crippen molar-refractivity contribution in [2.75, 3.05) is 0 Å². The first kappa shape index (κ1) is 13.0. The van der Waals surface area contributed by atoms with Crippen LogP contribution in [-0.2, 0) is 11.8 Å². The standard InChI is InChI=1S/C12H11OPS3/c15-14(16,13-11-7-3-1-4-8-11)17-12-9-5-2-6-10-12/h1-10H,(H,15,16). The molecule has 0 spiro atoms. The fourth-order valence-corrected chi connectivity index (χ4v) is 5.92.